The van der Waals surface area contributed by atoms with Gasteiger partial charge in [0.25, 0.3) is 0 Å². The van der Waals surface area contributed by atoms with Gasteiger partial charge in [0.15, 0.2) is 0 Å². The molecule has 1 aromatic heterocycles. The molecule has 2 rings (SSSR count). The summed E-state index contributed by atoms with van der Waals surface area (Å²) in [5.74, 6) is 2.61. The van der Waals surface area contributed by atoms with Crippen molar-refractivity contribution < 1.29 is 0 Å². The Labute approximate surface area is 75.1 Å². The summed E-state index contributed by atoms with van der Waals surface area (Å²) in [7, 11) is 0. The summed E-state index contributed by atoms with van der Waals surface area (Å²) >= 11 is 1.67. The number of hydrogen-bond donors (Lipinski definition) is 0. The topological polar surface area (TPSA) is 12.9 Å². The quantitative estimate of drug-likeness (QED) is 0.558. The molecule has 2 heteroatoms. The van der Waals surface area contributed by atoms with E-state index in [1.807, 2.05) is 25.1 Å². The first-order valence-electron chi connectivity index (χ1n) is 3.63. The number of benzene rings is 1. The first-order chi connectivity index (χ1) is 5.79. The van der Waals surface area contributed by atoms with Gasteiger partial charge >= 0.3 is 0 Å². The Hall–Kier alpha value is -1.33. The van der Waals surface area contributed by atoms with Crippen LogP contribution in [-0.4, -0.2) is 4.98 Å². The van der Waals surface area contributed by atoms with Crippen LogP contribution in [0.5, 0.6) is 0 Å². The number of nitrogens with zero attached hydrogens (tertiary/aromatic N) is 1. The minimum atomic E-state index is 0.922. The zero-order valence-electron chi connectivity index (χ0n) is 6.66. The Balaban J connectivity index is 2.77. The molecule has 0 spiro atoms. The van der Waals surface area contributed by atoms with Crippen LogP contribution in [0.1, 0.15) is 10.6 Å². The summed E-state index contributed by atoms with van der Waals surface area (Å²) in [5.41, 5.74) is 1.96. The molecule has 1 heterocycles. The lowest BCUT2D eigenvalue weighted by molar-refractivity contribution is 1.35. The Bertz CT molecular complexity index is 462. The van der Waals surface area contributed by atoms with Crippen molar-refractivity contribution in [1.29, 1.82) is 0 Å². The van der Waals surface area contributed by atoms with Crippen LogP contribution in [-0.2, 0) is 0 Å². The zero-order valence-corrected chi connectivity index (χ0v) is 7.48. The maximum absolute atomic E-state index is 5.28. The molecule has 0 unspecified atom stereocenters. The third-order valence-electron chi connectivity index (χ3n) is 1.66. The number of rotatable bonds is 0. The van der Waals surface area contributed by atoms with Crippen LogP contribution in [0.25, 0.3) is 10.2 Å². The van der Waals surface area contributed by atoms with Crippen molar-refractivity contribution in [1.82, 2.24) is 4.98 Å². The molecule has 0 aliphatic heterocycles. The smallest absolute Gasteiger partial charge is 0.0907 e. The van der Waals surface area contributed by atoms with E-state index in [-0.39, 0.29) is 0 Å². The molecule has 1 aromatic carbocycles. The highest BCUT2D eigenvalue weighted by Gasteiger charge is 1.99. The Morgan fingerprint density at radius 1 is 1.50 bits per heavy atom. The highest BCUT2D eigenvalue weighted by molar-refractivity contribution is 7.18. The molecule has 58 valence electrons. The molecule has 12 heavy (non-hydrogen) atoms. The molecular weight excluding hydrogens is 166 g/mol. The summed E-state index contributed by atoms with van der Waals surface area (Å²) in [6.07, 6.45) is 5.28. The van der Waals surface area contributed by atoms with Gasteiger partial charge in [-0.3, -0.25) is 0 Å². The lowest BCUT2D eigenvalue weighted by Crippen LogP contribution is -1.72. The number of hydrogen-bond acceptors (Lipinski definition) is 2. The van der Waals surface area contributed by atoms with Crippen molar-refractivity contribution in [2.24, 2.45) is 0 Å². The van der Waals surface area contributed by atoms with Crippen molar-refractivity contribution in [2.45, 2.75) is 6.92 Å². The van der Waals surface area contributed by atoms with E-state index < -0.39 is 0 Å². The van der Waals surface area contributed by atoms with Crippen LogP contribution in [0.15, 0.2) is 18.2 Å². The fraction of sp³-hybridized carbons (Fsp3) is 0.100. The molecule has 0 aliphatic rings. The molecule has 0 aliphatic carbocycles. The van der Waals surface area contributed by atoms with E-state index in [1.54, 1.807) is 11.3 Å². The summed E-state index contributed by atoms with van der Waals surface area (Å²) in [5, 5.41) is 1.08. The first kappa shape index (κ1) is 7.33. The molecule has 0 amide bonds. The van der Waals surface area contributed by atoms with Gasteiger partial charge in [0.2, 0.25) is 0 Å². The Morgan fingerprint density at radius 3 is 3.08 bits per heavy atom. The number of fused-ring (bicyclic) bond motifs is 1. The Kier molecular flexibility index (Phi) is 1.60. The SMILES string of the molecule is C#Cc1ccc2nc(C)sc2c1. The van der Waals surface area contributed by atoms with Gasteiger partial charge in [0, 0.05) is 5.56 Å². The van der Waals surface area contributed by atoms with E-state index in [1.165, 1.54) is 4.70 Å². The van der Waals surface area contributed by atoms with Gasteiger partial charge in [0.05, 0.1) is 15.2 Å². The maximum atomic E-state index is 5.28. The van der Waals surface area contributed by atoms with E-state index in [0.29, 0.717) is 0 Å². The van der Waals surface area contributed by atoms with Crippen molar-refractivity contribution >= 4 is 21.6 Å². The van der Waals surface area contributed by atoms with Crippen molar-refractivity contribution in [3.63, 3.8) is 0 Å². The molecule has 2 aromatic rings. The molecule has 0 saturated heterocycles. The number of terminal acetylenes is 1. The summed E-state index contributed by atoms with van der Waals surface area (Å²) in [4.78, 5) is 4.34. The van der Waals surface area contributed by atoms with Gasteiger partial charge in [0.1, 0.15) is 0 Å². The molecule has 0 atom stereocenters. The van der Waals surface area contributed by atoms with Gasteiger partial charge in [-0.15, -0.1) is 17.8 Å². The average Bonchev–Trinajstić information content (AvgIpc) is 2.43. The highest BCUT2D eigenvalue weighted by Crippen LogP contribution is 2.21. The largest absolute Gasteiger partial charge is 0.242 e. The number of thiazole rings is 1. The van der Waals surface area contributed by atoms with Crippen LogP contribution in [0.4, 0.5) is 0 Å². The van der Waals surface area contributed by atoms with Crippen LogP contribution in [0.2, 0.25) is 0 Å². The van der Waals surface area contributed by atoms with E-state index in [9.17, 15) is 0 Å². The standard InChI is InChI=1S/C10H7NS/c1-3-8-4-5-9-10(6-8)12-7(2)11-9/h1,4-6H,2H3. The van der Waals surface area contributed by atoms with Crippen LogP contribution in [0, 0.1) is 19.3 Å². The predicted molar refractivity (Wildman–Crippen MR) is 52.3 cm³/mol. The Morgan fingerprint density at radius 2 is 2.33 bits per heavy atom. The molecule has 0 radical (unpaired) electrons. The third kappa shape index (κ3) is 1.09. The zero-order chi connectivity index (χ0) is 8.55. The molecule has 0 N–H and O–H groups in total. The number of aryl methyl sites for hydroxylation is 1. The third-order valence-corrected chi connectivity index (χ3v) is 2.60. The van der Waals surface area contributed by atoms with Gasteiger partial charge in [-0.1, -0.05) is 5.92 Å². The molecule has 0 fully saturated rings. The minimum absolute atomic E-state index is 0.922. The average molecular weight is 173 g/mol. The summed E-state index contributed by atoms with van der Waals surface area (Å²) in [6, 6.07) is 5.88. The second kappa shape index (κ2) is 2.62. The lowest BCUT2D eigenvalue weighted by atomic mass is 10.2. The van der Waals surface area contributed by atoms with E-state index in [2.05, 4.69) is 10.9 Å². The first-order valence-corrected chi connectivity index (χ1v) is 4.45. The summed E-state index contributed by atoms with van der Waals surface area (Å²) in [6.45, 7) is 2.00. The molecule has 0 saturated carbocycles. The van der Waals surface area contributed by atoms with Gasteiger partial charge in [-0.25, -0.2) is 4.98 Å². The lowest BCUT2D eigenvalue weighted by Gasteiger charge is -1.88. The normalized spacial score (nSPS) is 10.0. The van der Waals surface area contributed by atoms with Crippen molar-refractivity contribution in [3.05, 3.63) is 28.8 Å². The predicted octanol–water partition coefficient (Wildman–Crippen LogP) is 2.59. The summed E-state index contributed by atoms with van der Waals surface area (Å²) < 4.78 is 1.17. The maximum Gasteiger partial charge on any atom is 0.0907 e. The van der Waals surface area contributed by atoms with Crippen LogP contribution >= 0.6 is 11.3 Å². The molecule has 1 nitrogen and oxygen atoms in total. The van der Waals surface area contributed by atoms with E-state index in [0.717, 1.165) is 16.1 Å². The van der Waals surface area contributed by atoms with E-state index >= 15 is 0 Å². The minimum Gasteiger partial charge on any atom is -0.242 e. The van der Waals surface area contributed by atoms with Gasteiger partial charge in [-0.05, 0) is 25.1 Å². The second-order valence-corrected chi connectivity index (χ2v) is 3.79. The highest BCUT2D eigenvalue weighted by atomic mass is 32.1. The number of aromatic nitrogens is 1. The van der Waals surface area contributed by atoms with E-state index in [4.69, 9.17) is 6.42 Å². The fourth-order valence-electron chi connectivity index (χ4n) is 1.13. The van der Waals surface area contributed by atoms with Crippen molar-refractivity contribution in [3.8, 4) is 12.3 Å². The fourth-order valence-corrected chi connectivity index (χ4v) is 2.00. The van der Waals surface area contributed by atoms with Gasteiger partial charge < -0.3 is 0 Å². The molecule has 0 bridgehead atoms. The second-order valence-electron chi connectivity index (χ2n) is 2.56. The monoisotopic (exact) mass is 173 g/mol. The van der Waals surface area contributed by atoms with Crippen molar-refractivity contribution in [2.75, 3.05) is 0 Å². The van der Waals surface area contributed by atoms with Crippen LogP contribution in [0.3, 0.4) is 0 Å². The molecular formula is C10H7NS. The van der Waals surface area contributed by atoms with Gasteiger partial charge in [-0.2, -0.15) is 0 Å². The van der Waals surface area contributed by atoms with Crippen LogP contribution < -0.4 is 0 Å².